The van der Waals surface area contributed by atoms with Crippen molar-refractivity contribution < 1.29 is 19.1 Å². The molecule has 1 saturated heterocycles. The lowest BCUT2D eigenvalue weighted by atomic mass is 9.73. The molecule has 1 aliphatic heterocycles. The Morgan fingerprint density at radius 2 is 2.07 bits per heavy atom. The Hall–Kier alpha value is -1.73. The molecule has 1 heterocycles. The molecular formula is C19H23ClN2O4S. The van der Waals surface area contributed by atoms with Crippen LogP contribution in [0.2, 0.25) is 5.02 Å². The number of halogens is 1. The molecule has 8 heteroatoms. The molecular weight excluding hydrogens is 388 g/mol. The standard InChI is InChI=1S/C19H23ClN2O4S/c1-13-4-2-3-9-19(13)17(24)22(18(25)21-19)12-16(23)26-10-11-27-15-7-5-14(20)6-8-15/h5-8,13H,2-4,9-12H2,1H3,(H,21,25)/t13-,19+/m1/s1. The summed E-state index contributed by atoms with van der Waals surface area (Å²) in [7, 11) is 0. The van der Waals surface area contributed by atoms with E-state index < -0.39 is 17.5 Å². The average molecular weight is 411 g/mol. The molecule has 3 amide bonds. The molecule has 146 valence electrons. The second kappa shape index (κ2) is 8.52. The summed E-state index contributed by atoms with van der Waals surface area (Å²) in [6, 6.07) is 6.89. The number of hydrogen-bond acceptors (Lipinski definition) is 5. The van der Waals surface area contributed by atoms with E-state index in [1.807, 2.05) is 19.1 Å². The van der Waals surface area contributed by atoms with Gasteiger partial charge in [-0.25, -0.2) is 4.79 Å². The van der Waals surface area contributed by atoms with Gasteiger partial charge in [0.15, 0.2) is 0 Å². The highest BCUT2D eigenvalue weighted by molar-refractivity contribution is 7.99. The monoisotopic (exact) mass is 410 g/mol. The number of urea groups is 1. The van der Waals surface area contributed by atoms with Crippen LogP contribution in [-0.2, 0) is 14.3 Å². The molecule has 0 aromatic heterocycles. The third kappa shape index (κ3) is 4.41. The maximum absolute atomic E-state index is 12.8. The van der Waals surface area contributed by atoms with Crippen molar-refractivity contribution in [3.8, 4) is 0 Å². The lowest BCUT2D eigenvalue weighted by Crippen LogP contribution is -2.54. The Balaban J connectivity index is 1.47. The minimum atomic E-state index is -0.847. The fourth-order valence-electron chi connectivity index (χ4n) is 3.66. The summed E-state index contributed by atoms with van der Waals surface area (Å²) >= 11 is 7.38. The molecule has 0 radical (unpaired) electrons. The molecule has 2 fully saturated rings. The van der Waals surface area contributed by atoms with Crippen LogP contribution in [0.4, 0.5) is 4.79 Å². The highest BCUT2D eigenvalue weighted by atomic mass is 35.5. The van der Waals surface area contributed by atoms with Crippen molar-refractivity contribution in [1.82, 2.24) is 10.2 Å². The van der Waals surface area contributed by atoms with Crippen molar-refractivity contribution in [2.24, 2.45) is 5.92 Å². The number of carbonyl (C=O) groups is 3. The van der Waals surface area contributed by atoms with Crippen molar-refractivity contribution in [3.63, 3.8) is 0 Å². The van der Waals surface area contributed by atoms with Crippen molar-refractivity contribution >= 4 is 41.3 Å². The normalized spacial score (nSPS) is 25.0. The van der Waals surface area contributed by atoms with Gasteiger partial charge in [-0.2, -0.15) is 0 Å². The van der Waals surface area contributed by atoms with Crippen LogP contribution in [0.3, 0.4) is 0 Å². The van der Waals surface area contributed by atoms with Gasteiger partial charge in [0.2, 0.25) is 0 Å². The van der Waals surface area contributed by atoms with E-state index in [1.54, 1.807) is 12.1 Å². The summed E-state index contributed by atoms with van der Waals surface area (Å²) in [6.07, 6.45) is 3.48. The maximum Gasteiger partial charge on any atom is 0.326 e. The smallest absolute Gasteiger partial charge is 0.326 e. The molecule has 2 atom stereocenters. The van der Waals surface area contributed by atoms with E-state index in [2.05, 4.69) is 5.32 Å². The summed E-state index contributed by atoms with van der Waals surface area (Å²) in [5, 5.41) is 3.50. The third-order valence-corrected chi connectivity index (χ3v) is 6.45. The van der Waals surface area contributed by atoms with Crippen LogP contribution in [0.25, 0.3) is 0 Å². The lowest BCUT2D eigenvalue weighted by Gasteiger charge is -2.36. The molecule has 6 nitrogen and oxygen atoms in total. The van der Waals surface area contributed by atoms with E-state index in [9.17, 15) is 14.4 Å². The number of carbonyl (C=O) groups excluding carboxylic acids is 3. The van der Waals surface area contributed by atoms with Gasteiger partial charge in [-0.05, 0) is 43.0 Å². The largest absolute Gasteiger partial charge is 0.463 e. The number of thioether (sulfide) groups is 1. The second-order valence-corrected chi connectivity index (χ2v) is 8.57. The predicted octanol–water partition coefficient (Wildman–Crippen LogP) is 3.48. The number of hydrogen-bond donors (Lipinski definition) is 1. The minimum absolute atomic E-state index is 0.0690. The van der Waals surface area contributed by atoms with E-state index in [4.69, 9.17) is 16.3 Å². The molecule has 0 bridgehead atoms. The molecule has 3 rings (SSSR count). The fraction of sp³-hybridized carbons (Fsp3) is 0.526. The number of ether oxygens (including phenoxy) is 1. The Bertz CT molecular complexity index is 727. The predicted molar refractivity (Wildman–Crippen MR) is 104 cm³/mol. The third-order valence-electron chi connectivity index (χ3n) is 5.22. The first-order valence-corrected chi connectivity index (χ1v) is 10.5. The summed E-state index contributed by atoms with van der Waals surface area (Å²) in [6.45, 7) is 1.84. The number of nitrogens with zero attached hydrogens (tertiary/aromatic N) is 1. The molecule has 1 spiro atoms. The van der Waals surface area contributed by atoms with Gasteiger partial charge in [0, 0.05) is 15.7 Å². The number of esters is 1. The van der Waals surface area contributed by atoms with Crippen LogP contribution in [0.1, 0.15) is 32.6 Å². The number of amides is 3. The first-order chi connectivity index (χ1) is 12.9. The molecule has 1 aromatic rings. The molecule has 1 saturated carbocycles. The van der Waals surface area contributed by atoms with Gasteiger partial charge in [0.05, 0.1) is 0 Å². The first kappa shape index (κ1) is 20.0. The van der Waals surface area contributed by atoms with Crippen LogP contribution in [0, 0.1) is 5.92 Å². The summed E-state index contributed by atoms with van der Waals surface area (Å²) < 4.78 is 5.19. The zero-order valence-electron chi connectivity index (χ0n) is 15.2. The molecule has 1 N–H and O–H groups in total. The summed E-state index contributed by atoms with van der Waals surface area (Å²) in [4.78, 5) is 39.2. The molecule has 2 aliphatic rings. The van der Waals surface area contributed by atoms with Crippen LogP contribution < -0.4 is 5.32 Å². The molecule has 1 aliphatic carbocycles. The van der Waals surface area contributed by atoms with Gasteiger partial charge in [0.1, 0.15) is 18.7 Å². The Morgan fingerprint density at radius 3 is 2.78 bits per heavy atom. The molecule has 27 heavy (non-hydrogen) atoms. The zero-order valence-corrected chi connectivity index (χ0v) is 16.8. The minimum Gasteiger partial charge on any atom is -0.463 e. The van der Waals surface area contributed by atoms with Crippen LogP contribution in [-0.4, -0.2) is 47.3 Å². The van der Waals surface area contributed by atoms with Crippen LogP contribution in [0.5, 0.6) is 0 Å². The Morgan fingerprint density at radius 1 is 1.33 bits per heavy atom. The van der Waals surface area contributed by atoms with E-state index in [0.29, 0.717) is 17.2 Å². The van der Waals surface area contributed by atoms with Gasteiger partial charge in [-0.15, -0.1) is 11.8 Å². The van der Waals surface area contributed by atoms with Crippen molar-refractivity contribution in [2.75, 3.05) is 18.9 Å². The van der Waals surface area contributed by atoms with Crippen molar-refractivity contribution in [3.05, 3.63) is 29.3 Å². The highest BCUT2D eigenvalue weighted by Gasteiger charge is 2.55. The van der Waals surface area contributed by atoms with Gasteiger partial charge in [0.25, 0.3) is 5.91 Å². The van der Waals surface area contributed by atoms with E-state index in [-0.39, 0.29) is 25.0 Å². The van der Waals surface area contributed by atoms with Crippen LogP contribution >= 0.6 is 23.4 Å². The second-order valence-electron chi connectivity index (χ2n) is 6.96. The lowest BCUT2D eigenvalue weighted by molar-refractivity contribution is -0.148. The quantitative estimate of drug-likeness (QED) is 0.336. The first-order valence-electron chi connectivity index (χ1n) is 9.10. The number of benzene rings is 1. The fourth-order valence-corrected chi connectivity index (χ4v) is 4.52. The molecule has 1 aromatic carbocycles. The zero-order chi connectivity index (χ0) is 19.4. The van der Waals surface area contributed by atoms with Crippen LogP contribution in [0.15, 0.2) is 29.2 Å². The van der Waals surface area contributed by atoms with E-state index >= 15 is 0 Å². The highest BCUT2D eigenvalue weighted by Crippen LogP contribution is 2.38. The Labute approximate surface area is 167 Å². The average Bonchev–Trinajstić information content (AvgIpc) is 2.88. The van der Waals surface area contributed by atoms with E-state index in [1.165, 1.54) is 11.8 Å². The number of imide groups is 1. The summed E-state index contributed by atoms with van der Waals surface area (Å²) in [5.74, 6) is -0.225. The topological polar surface area (TPSA) is 75.7 Å². The molecule has 0 unspecified atom stereocenters. The Kier molecular flexibility index (Phi) is 6.32. The van der Waals surface area contributed by atoms with Gasteiger partial charge >= 0.3 is 12.0 Å². The number of rotatable bonds is 6. The SMILES string of the molecule is C[C@@H]1CCCC[C@]12NC(=O)N(CC(=O)OCCSc1ccc(Cl)cc1)C2=O. The summed E-state index contributed by atoms with van der Waals surface area (Å²) in [5.41, 5.74) is -0.847. The van der Waals surface area contributed by atoms with Gasteiger partial charge < -0.3 is 10.1 Å². The van der Waals surface area contributed by atoms with Crippen molar-refractivity contribution in [1.29, 1.82) is 0 Å². The van der Waals surface area contributed by atoms with Gasteiger partial charge in [-0.3, -0.25) is 14.5 Å². The van der Waals surface area contributed by atoms with Crippen molar-refractivity contribution in [2.45, 2.75) is 43.0 Å². The number of nitrogens with one attached hydrogen (secondary N) is 1. The van der Waals surface area contributed by atoms with Gasteiger partial charge in [-0.1, -0.05) is 31.4 Å². The van der Waals surface area contributed by atoms with E-state index in [0.717, 1.165) is 29.1 Å². The maximum atomic E-state index is 12.8.